The number of nitrogens with zero attached hydrogens (tertiary/aromatic N) is 2. The van der Waals surface area contributed by atoms with Gasteiger partial charge in [0.1, 0.15) is 11.4 Å². The molecular formula is C19H21N3O4S2. The molecule has 9 heteroatoms. The minimum atomic E-state index is -0.929. The van der Waals surface area contributed by atoms with E-state index in [9.17, 15) is 14.4 Å². The van der Waals surface area contributed by atoms with Gasteiger partial charge in [-0.3, -0.25) is 19.0 Å². The van der Waals surface area contributed by atoms with E-state index in [2.05, 4.69) is 10.3 Å². The molecule has 0 aliphatic carbocycles. The molecule has 28 heavy (non-hydrogen) atoms. The van der Waals surface area contributed by atoms with E-state index in [0.29, 0.717) is 22.7 Å². The molecule has 0 fully saturated rings. The van der Waals surface area contributed by atoms with Crippen LogP contribution >= 0.6 is 22.7 Å². The highest BCUT2D eigenvalue weighted by Crippen LogP contribution is 2.33. The standard InChI is InChI=1S/C19H21N3O4S2/c1-11(2)7-20-17(24)12(3)26-15(23)8-22-10-21-18-16(19(22)25)13(9-28-18)14-5-4-6-27-14/h4-6,9-12H,7-8H2,1-3H3,(H,20,24)/t12-/m0/s1. The quantitative estimate of drug-likeness (QED) is 0.595. The maximum atomic E-state index is 12.9. The molecule has 1 amide bonds. The van der Waals surface area contributed by atoms with Crippen molar-refractivity contribution in [1.82, 2.24) is 14.9 Å². The molecule has 0 bridgehead atoms. The Morgan fingerprint density at radius 1 is 1.29 bits per heavy atom. The van der Waals surface area contributed by atoms with Gasteiger partial charge in [0.15, 0.2) is 6.10 Å². The molecule has 7 nitrogen and oxygen atoms in total. The maximum Gasteiger partial charge on any atom is 0.326 e. The van der Waals surface area contributed by atoms with Crippen LogP contribution in [0.15, 0.2) is 34.0 Å². The Labute approximate surface area is 170 Å². The van der Waals surface area contributed by atoms with Gasteiger partial charge < -0.3 is 10.1 Å². The van der Waals surface area contributed by atoms with Crippen LogP contribution in [-0.2, 0) is 20.9 Å². The number of ether oxygens (including phenoxy) is 1. The van der Waals surface area contributed by atoms with E-state index in [4.69, 9.17) is 4.74 Å². The first-order valence-corrected chi connectivity index (χ1v) is 10.6. The molecule has 0 saturated carbocycles. The van der Waals surface area contributed by atoms with Crippen molar-refractivity contribution < 1.29 is 14.3 Å². The smallest absolute Gasteiger partial charge is 0.326 e. The average Bonchev–Trinajstić information content (AvgIpc) is 3.31. The van der Waals surface area contributed by atoms with Crippen LogP contribution < -0.4 is 10.9 Å². The molecule has 3 aromatic heterocycles. The second-order valence-corrected chi connectivity index (χ2v) is 8.56. The zero-order chi connectivity index (χ0) is 20.3. The highest BCUT2D eigenvalue weighted by molar-refractivity contribution is 7.18. The van der Waals surface area contributed by atoms with Crippen molar-refractivity contribution in [2.75, 3.05) is 6.54 Å². The second-order valence-electron chi connectivity index (χ2n) is 6.76. The van der Waals surface area contributed by atoms with E-state index in [0.717, 1.165) is 10.4 Å². The second kappa shape index (κ2) is 8.66. The Morgan fingerprint density at radius 2 is 2.07 bits per heavy atom. The third kappa shape index (κ3) is 4.48. The number of aromatic nitrogens is 2. The third-order valence-electron chi connectivity index (χ3n) is 4.01. The lowest BCUT2D eigenvalue weighted by Crippen LogP contribution is -2.38. The number of thiophene rings is 2. The van der Waals surface area contributed by atoms with E-state index in [1.807, 2.05) is 36.7 Å². The van der Waals surface area contributed by atoms with Gasteiger partial charge in [0.05, 0.1) is 11.7 Å². The molecule has 3 rings (SSSR count). The van der Waals surface area contributed by atoms with Crippen LogP contribution in [0.3, 0.4) is 0 Å². The molecule has 148 valence electrons. The Morgan fingerprint density at radius 3 is 2.75 bits per heavy atom. The first-order chi connectivity index (χ1) is 13.4. The minimum absolute atomic E-state index is 0.298. The number of carbonyl (C=O) groups excluding carboxylic acids is 2. The van der Waals surface area contributed by atoms with E-state index >= 15 is 0 Å². The summed E-state index contributed by atoms with van der Waals surface area (Å²) in [4.78, 5) is 42.9. The van der Waals surface area contributed by atoms with Crippen molar-refractivity contribution in [3.63, 3.8) is 0 Å². The molecule has 0 radical (unpaired) electrons. The number of amides is 1. The first kappa shape index (κ1) is 20.2. The summed E-state index contributed by atoms with van der Waals surface area (Å²) in [7, 11) is 0. The first-order valence-electron chi connectivity index (χ1n) is 8.84. The summed E-state index contributed by atoms with van der Waals surface area (Å²) in [6.07, 6.45) is 0.408. The number of esters is 1. The lowest BCUT2D eigenvalue weighted by atomic mass is 10.2. The van der Waals surface area contributed by atoms with E-state index in [-0.39, 0.29) is 18.0 Å². The summed E-state index contributed by atoms with van der Waals surface area (Å²) < 4.78 is 6.38. The van der Waals surface area contributed by atoms with Crippen molar-refractivity contribution in [2.45, 2.75) is 33.4 Å². The number of rotatable bonds is 7. The van der Waals surface area contributed by atoms with Gasteiger partial charge in [0.2, 0.25) is 0 Å². The Hall–Kier alpha value is -2.52. The predicted octanol–water partition coefficient (Wildman–Crippen LogP) is 2.89. The Kier molecular flexibility index (Phi) is 6.25. The molecule has 3 aromatic rings. The van der Waals surface area contributed by atoms with Crippen molar-refractivity contribution in [2.24, 2.45) is 5.92 Å². The molecule has 1 atom stereocenters. The summed E-state index contributed by atoms with van der Waals surface area (Å²) in [5.41, 5.74) is 0.514. The zero-order valence-electron chi connectivity index (χ0n) is 15.8. The molecule has 0 spiro atoms. The van der Waals surface area contributed by atoms with Crippen LogP contribution in [0, 0.1) is 5.92 Å². The van der Waals surface area contributed by atoms with Crippen LogP contribution in [-0.4, -0.2) is 34.1 Å². The lowest BCUT2D eigenvalue weighted by Gasteiger charge is -2.15. The maximum absolute atomic E-state index is 12.9. The van der Waals surface area contributed by atoms with Crippen LogP contribution in [0.5, 0.6) is 0 Å². The molecule has 0 aromatic carbocycles. The van der Waals surface area contributed by atoms with Gasteiger partial charge >= 0.3 is 5.97 Å². The molecular weight excluding hydrogens is 398 g/mol. The average molecular weight is 420 g/mol. The van der Waals surface area contributed by atoms with Gasteiger partial charge in [-0.25, -0.2) is 4.98 Å². The van der Waals surface area contributed by atoms with Crippen molar-refractivity contribution in [1.29, 1.82) is 0 Å². The van der Waals surface area contributed by atoms with Gasteiger partial charge in [0, 0.05) is 22.4 Å². The topological polar surface area (TPSA) is 90.3 Å². The summed E-state index contributed by atoms with van der Waals surface area (Å²) in [6, 6.07) is 3.86. The van der Waals surface area contributed by atoms with E-state index < -0.39 is 12.1 Å². The van der Waals surface area contributed by atoms with Crippen LogP contribution in [0.2, 0.25) is 0 Å². The summed E-state index contributed by atoms with van der Waals surface area (Å²) >= 11 is 2.93. The molecule has 0 saturated heterocycles. The number of carbonyl (C=O) groups is 2. The Bertz CT molecular complexity index is 1040. The van der Waals surface area contributed by atoms with Gasteiger partial charge in [-0.05, 0) is 24.3 Å². The number of fused-ring (bicyclic) bond motifs is 1. The van der Waals surface area contributed by atoms with Gasteiger partial charge in [-0.15, -0.1) is 22.7 Å². The van der Waals surface area contributed by atoms with Crippen molar-refractivity contribution >= 4 is 44.8 Å². The zero-order valence-corrected chi connectivity index (χ0v) is 17.4. The van der Waals surface area contributed by atoms with Crippen molar-refractivity contribution in [3.8, 4) is 10.4 Å². The van der Waals surface area contributed by atoms with Gasteiger partial charge in [0.25, 0.3) is 11.5 Å². The van der Waals surface area contributed by atoms with Crippen LogP contribution in [0.1, 0.15) is 20.8 Å². The van der Waals surface area contributed by atoms with E-state index in [1.54, 1.807) is 0 Å². The fourth-order valence-corrected chi connectivity index (χ4v) is 4.29. The normalized spacial score (nSPS) is 12.3. The monoisotopic (exact) mass is 419 g/mol. The number of nitrogens with one attached hydrogen (secondary N) is 1. The Balaban J connectivity index is 1.75. The fourth-order valence-electron chi connectivity index (χ4n) is 2.57. The summed E-state index contributed by atoms with van der Waals surface area (Å²) in [5, 5.41) is 7.04. The number of hydrogen-bond acceptors (Lipinski definition) is 7. The molecule has 0 unspecified atom stereocenters. The van der Waals surface area contributed by atoms with Gasteiger partial charge in [-0.2, -0.15) is 0 Å². The molecule has 3 heterocycles. The SMILES string of the molecule is CC(C)CNC(=O)[C@H](C)OC(=O)Cn1cnc2scc(-c3cccs3)c2c1=O. The molecule has 0 aliphatic rings. The number of hydrogen-bond donors (Lipinski definition) is 1. The third-order valence-corrected chi connectivity index (χ3v) is 5.80. The summed E-state index contributed by atoms with van der Waals surface area (Å²) in [6.45, 7) is 5.65. The minimum Gasteiger partial charge on any atom is -0.451 e. The molecule has 0 aliphatic heterocycles. The highest BCUT2D eigenvalue weighted by Gasteiger charge is 2.20. The molecule has 1 N–H and O–H groups in total. The van der Waals surface area contributed by atoms with Crippen molar-refractivity contribution in [3.05, 3.63) is 39.6 Å². The fraction of sp³-hybridized carbons (Fsp3) is 0.368. The van der Waals surface area contributed by atoms with E-state index in [1.165, 1.54) is 40.5 Å². The highest BCUT2D eigenvalue weighted by atomic mass is 32.1. The summed E-state index contributed by atoms with van der Waals surface area (Å²) in [5.74, 6) is -0.726. The lowest BCUT2D eigenvalue weighted by molar-refractivity contribution is -0.155. The van der Waals surface area contributed by atoms with Crippen LogP contribution in [0.4, 0.5) is 0 Å². The van der Waals surface area contributed by atoms with Gasteiger partial charge in [-0.1, -0.05) is 19.9 Å². The largest absolute Gasteiger partial charge is 0.451 e. The predicted molar refractivity (Wildman–Crippen MR) is 111 cm³/mol. The van der Waals surface area contributed by atoms with Crippen LogP contribution in [0.25, 0.3) is 20.7 Å².